The highest BCUT2D eigenvalue weighted by Crippen LogP contribution is 2.34. The normalized spacial score (nSPS) is 21.6. The molecule has 216 valence electrons. The Hall–Kier alpha value is -2.22. The predicted octanol–water partition coefficient (Wildman–Crippen LogP) is 4.59. The van der Waals surface area contributed by atoms with Gasteiger partial charge in [-0.05, 0) is 49.3 Å². The molecule has 0 radical (unpaired) electrons. The van der Waals surface area contributed by atoms with E-state index >= 15 is 0 Å². The largest absolute Gasteiger partial charge is 0.491 e. The van der Waals surface area contributed by atoms with Crippen LogP contribution < -0.4 is 9.54 Å². The molecule has 2 aliphatic heterocycles. The van der Waals surface area contributed by atoms with Crippen molar-refractivity contribution in [3.63, 3.8) is 0 Å². The number of ether oxygens (including phenoxy) is 2. The number of carbonyl (C=O) groups is 1. The third-order valence-corrected chi connectivity index (χ3v) is 9.58. The van der Waals surface area contributed by atoms with Gasteiger partial charge in [-0.2, -0.15) is 22.5 Å². The summed E-state index contributed by atoms with van der Waals surface area (Å²) in [5.74, 6) is -0.943. The van der Waals surface area contributed by atoms with Gasteiger partial charge in [0.05, 0.1) is 36.1 Å². The Morgan fingerprint density at radius 1 is 1.21 bits per heavy atom. The van der Waals surface area contributed by atoms with Crippen molar-refractivity contribution in [3.8, 4) is 5.75 Å². The fraction of sp³-hybridized carbons (Fsp3) is 0.615. The van der Waals surface area contributed by atoms with E-state index in [1.165, 1.54) is 15.6 Å². The van der Waals surface area contributed by atoms with E-state index in [9.17, 15) is 26.4 Å². The molecular weight excluding hydrogens is 555 g/mol. The minimum atomic E-state index is -4.67. The van der Waals surface area contributed by atoms with Gasteiger partial charge in [-0.1, -0.05) is 20.8 Å². The lowest BCUT2D eigenvalue weighted by atomic mass is 9.95. The molecule has 2 fully saturated rings. The lowest BCUT2D eigenvalue weighted by Gasteiger charge is -2.23. The monoisotopic (exact) mass is 589 g/mol. The van der Waals surface area contributed by atoms with Crippen LogP contribution in [0.15, 0.2) is 29.4 Å². The van der Waals surface area contributed by atoms with Gasteiger partial charge in [-0.3, -0.25) is 4.79 Å². The second-order valence-electron chi connectivity index (χ2n) is 11.0. The number of aromatic nitrogens is 1. The number of thiazole rings is 1. The summed E-state index contributed by atoms with van der Waals surface area (Å²) in [6.45, 7) is 7.49. The summed E-state index contributed by atoms with van der Waals surface area (Å²) in [6, 6.07) is 2.21. The summed E-state index contributed by atoms with van der Waals surface area (Å²) >= 11 is 1.31. The predicted molar refractivity (Wildman–Crippen MR) is 141 cm³/mol. The van der Waals surface area contributed by atoms with Gasteiger partial charge in [-0.25, -0.2) is 8.42 Å². The van der Waals surface area contributed by atoms with Crippen molar-refractivity contribution in [2.24, 2.45) is 4.99 Å². The maximum Gasteiger partial charge on any atom is 0.416 e. The number of hydrogen-bond acceptors (Lipinski definition) is 6. The number of amides is 1. The molecule has 1 amide bonds. The van der Waals surface area contributed by atoms with Crippen LogP contribution in [0, 0.1) is 0 Å². The van der Waals surface area contributed by atoms with Crippen molar-refractivity contribution >= 4 is 27.3 Å². The maximum atomic E-state index is 13.6. The highest BCUT2D eigenvalue weighted by Gasteiger charge is 2.34. The third kappa shape index (κ3) is 7.30. The summed E-state index contributed by atoms with van der Waals surface area (Å²) in [5.41, 5.74) is -1.55. The Bertz CT molecular complexity index is 1370. The third-order valence-electron chi connectivity index (χ3n) is 6.80. The molecule has 8 nitrogen and oxygen atoms in total. The molecule has 2 saturated heterocycles. The average Bonchev–Trinajstić information content (AvgIpc) is 3.58. The van der Waals surface area contributed by atoms with E-state index in [0.29, 0.717) is 37.3 Å². The zero-order valence-corrected chi connectivity index (χ0v) is 24.1. The molecule has 0 aliphatic carbocycles. The van der Waals surface area contributed by atoms with Gasteiger partial charge in [0.2, 0.25) is 10.0 Å². The van der Waals surface area contributed by atoms with Crippen LogP contribution in [0.5, 0.6) is 5.75 Å². The minimum Gasteiger partial charge on any atom is -0.491 e. The van der Waals surface area contributed by atoms with Crippen LogP contribution >= 0.6 is 11.3 Å². The molecule has 0 N–H and O–H groups in total. The van der Waals surface area contributed by atoms with Crippen LogP contribution in [0.2, 0.25) is 0 Å². The molecule has 2 atom stereocenters. The van der Waals surface area contributed by atoms with Gasteiger partial charge >= 0.3 is 6.18 Å². The van der Waals surface area contributed by atoms with Gasteiger partial charge in [-0.15, -0.1) is 11.3 Å². The van der Waals surface area contributed by atoms with Gasteiger partial charge in [0.15, 0.2) is 4.80 Å². The zero-order valence-electron chi connectivity index (χ0n) is 22.5. The SMILES string of the molecule is CC(C)(C)c1cn(C[C@H]2CCCO2)c(=NC(=O)c2cc(C(F)(F)F)ccc2OC[C@@H]2CCCN2S(C)(=O)=O)s1. The van der Waals surface area contributed by atoms with Crippen molar-refractivity contribution in [2.75, 3.05) is 26.0 Å². The Morgan fingerprint density at radius 2 is 1.95 bits per heavy atom. The fourth-order valence-corrected chi connectivity index (χ4v) is 6.92. The van der Waals surface area contributed by atoms with E-state index in [4.69, 9.17) is 9.47 Å². The van der Waals surface area contributed by atoms with E-state index in [1.54, 1.807) is 0 Å². The summed E-state index contributed by atoms with van der Waals surface area (Å²) in [6.07, 6.45) is 1.34. The first-order chi connectivity index (χ1) is 18.1. The van der Waals surface area contributed by atoms with Gasteiger partial charge in [0, 0.05) is 24.2 Å². The molecule has 13 heteroatoms. The van der Waals surface area contributed by atoms with E-state index < -0.39 is 33.7 Å². The quantitative estimate of drug-likeness (QED) is 0.472. The number of hydrogen-bond donors (Lipinski definition) is 0. The number of nitrogens with zero attached hydrogens (tertiary/aromatic N) is 3. The number of halogens is 3. The molecule has 0 spiro atoms. The Morgan fingerprint density at radius 3 is 2.56 bits per heavy atom. The number of sulfonamides is 1. The number of alkyl halides is 3. The number of benzene rings is 1. The van der Waals surface area contributed by atoms with E-state index in [2.05, 4.69) is 4.99 Å². The standard InChI is InChI=1S/C26H34F3N3O5S2/c1-25(2,3)22-15-31(14-19-8-6-12-36-19)24(38-22)30-23(33)20-13-17(26(27,28)29)9-10-21(20)37-16-18-7-5-11-32(18)39(4,34)35/h9-10,13,15,18-19H,5-8,11-12,14,16H2,1-4H3/t18-,19+/m0/s1. The molecule has 2 aromatic rings. The molecule has 2 aliphatic rings. The van der Waals surface area contributed by atoms with Crippen molar-refractivity contribution in [2.45, 2.75) is 76.7 Å². The summed E-state index contributed by atoms with van der Waals surface area (Å²) in [7, 11) is -3.47. The first kappa shape index (κ1) is 29.8. The Kier molecular flexibility index (Phi) is 8.65. The van der Waals surface area contributed by atoms with Crippen molar-refractivity contribution in [1.29, 1.82) is 0 Å². The van der Waals surface area contributed by atoms with Crippen LogP contribution in [-0.4, -0.2) is 61.4 Å². The molecule has 0 saturated carbocycles. The molecule has 0 bridgehead atoms. The molecule has 3 heterocycles. The number of carbonyl (C=O) groups excluding carboxylic acids is 1. The zero-order chi connectivity index (χ0) is 28.6. The first-order valence-electron chi connectivity index (χ1n) is 12.9. The Labute approximate surface area is 230 Å². The van der Waals surface area contributed by atoms with Gasteiger partial charge < -0.3 is 14.0 Å². The molecule has 1 aromatic carbocycles. The lowest BCUT2D eigenvalue weighted by molar-refractivity contribution is -0.137. The highest BCUT2D eigenvalue weighted by atomic mass is 32.2. The van der Waals surface area contributed by atoms with Crippen LogP contribution in [0.25, 0.3) is 0 Å². The van der Waals surface area contributed by atoms with Gasteiger partial charge in [0.1, 0.15) is 12.4 Å². The lowest BCUT2D eigenvalue weighted by Crippen LogP contribution is -2.38. The average molecular weight is 590 g/mol. The molecule has 1 aromatic heterocycles. The smallest absolute Gasteiger partial charge is 0.416 e. The van der Waals surface area contributed by atoms with Crippen LogP contribution in [0.4, 0.5) is 13.2 Å². The van der Waals surface area contributed by atoms with Crippen molar-refractivity contribution in [1.82, 2.24) is 8.87 Å². The topological polar surface area (TPSA) is 90.2 Å². The summed E-state index contributed by atoms with van der Waals surface area (Å²) in [5, 5.41) is 0. The summed E-state index contributed by atoms with van der Waals surface area (Å²) in [4.78, 5) is 19.0. The van der Waals surface area contributed by atoms with Crippen LogP contribution in [0.3, 0.4) is 0 Å². The Balaban J connectivity index is 1.69. The highest BCUT2D eigenvalue weighted by molar-refractivity contribution is 7.88. The second kappa shape index (κ2) is 11.3. The summed E-state index contributed by atoms with van der Waals surface area (Å²) < 4.78 is 79.5. The van der Waals surface area contributed by atoms with Crippen LogP contribution in [0.1, 0.15) is 67.3 Å². The number of rotatable bonds is 7. The second-order valence-corrected chi connectivity index (χ2v) is 14.0. The minimum absolute atomic E-state index is 0.0295. The van der Waals surface area contributed by atoms with Gasteiger partial charge in [0.25, 0.3) is 5.91 Å². The van der Waals surface area contributed by atoms with Crippen LogP contribution in [-0.2, 0) is 32.9 Å². The maximum absolute atomic E-state index is 13.6. The van der Waals surface area contributed by atoms with E-state index in [-0.39, 0.29) is 29.4 Å². The van der Waals surface area contributed by atoms with Crippen molar-refractivity contribution in [3.05, 3.63) is 45.2 Å². The van der Waals surface area contributed by atoms with E-state index in [1.807, 2.05) is 31.5 Å². The fourth-order valence-electron chi connectivity index (χ4n) is 4.70. The molecular formula is C26H34F3N3O5S2. The van der Waals surface area contributed by atoms with Crippen molar-refractivity contribution < 1.29 is 35.9 Å². The molecule has 4 rings (SSSR count). The molecule has 0 unspecified atom stereocenters. The molecule has 39 heavy (non-hydrogen) atoms. The first-order valence-corrected chi connectivity index (χ1v) is 15.5. The van der Waals surface area contributed by atoms with E-state index in [0.717, 1.165) is 42.2 Å².